The Kier molecular flexibility index (Phi) is 6.02. The van der Waals surface area contributed by atoms with Gasteiger partial charge in [0, 0.05) is 0 Å². The average molecular weight is 534 g/mol. The van der Waals surface area contributed by atoms with Crippen LogP contribution in [-0.2, 0) is 16.6 Å². The van der Waals surface area contributed by atoms with Crippen molar-refractivity contribution in [3.05, 3.63) is 145 Å². The van der Waals surface area contributed by atoms with Crippen LogP contribution in [0.2, 0.25) is 8.45 Å². The van der Waals surface area contributed by atoms with Crippen LogP contribution in [0.3, 0.4) is 0 Å². The number of rotatable bonds is 6. The van der Waals surface area contributed by atoms with Crippen LogP contribution < -0.4 is 7.74 Å². The van der Waals surface area contributed by atoms with Gasteiger partial charge >= 0.3 is 216 Å². The molecule has 4 aromatic rings. The van der Waals surface area contributed by atoms with E-state index in [0.717, 1.165) is 19.9 Å². The van der Waals surface area contributed by atoms with E-state index in [-0.39, 0.29) is 19.8 Å². The number of aromatic nitrogens is 2. The molecule has 0 aliphatic heterocycles. The Morgan fingerprint density at radius 1 is 0.541 bits per heavy atom. The predicted molar refractivity (Wildman–Crippen MR) is 135 cm³/mol. The van der Waals surface area contributed by atoms with Crippen LogP contribution in [0, 0.1) is 23.3 Å². The first-order valence-corrected chi connectivity index (χ1v) is 15.3. The Bertz CT molecular complexity index is 1460. The summed E-state index contributed by atoms with van der Waals surface area (Å²) >= 11 is -3.48. The van der Waals surface area contributed by atoms with Gasteiger partial charge < -0.3 is 0 Å². The molecule has 184 valence electrons. The number of halogens is 4. The van der Waals surface area contributed by atoms with Crippen LogP contribution in [0.1, 0.15) is 0 Å². The van der Waals surface area contributed by atoms with E-state index in [0.29, 0.717) is 0 Å². The second kappa shape index (κ2) is 9.36. The molecule has 0 bridgehead atoms. The molecule has 2 heterocycles. The van der Waals surface area contributed by atoms with Gasteiger partial charge in [-0.3, -0.25) is 0 Å². The standard InChI is InChI=1S/2C10H6F2N.2C5H5.Ti/c2*11-8-3-4-10(9(12)7-8)13-5-1-2-6-13;2*1-2-4-5-3-1;/h2*1,3-7H;2*1-5H;. The van der Waals surface area contributed by atoms with Gasteiger partial charge in [-0.2, -0.15) is 0 Å². The fraction of sp³-hybridized carbons (Fsp3) is 0.0667. The van der Waals surface area contributed by atoms with Gasteiger partial charge in [-0.05, 0) is 0 Å². The minimum atomic E-state index is -3.48. The molecule has 0 saturated heterocycles. The van der Waals surface area contributed by atoms with Gasteiger partial charge in [0.1, 0.15) is 0 Å². The summed E-state index contributed by atoms with van der Waals surface area (Å²) in [6.07, 6.45) is 24.5. The molecule has 2 nitrogen and oxygen atoms in total. The first-order valence-electron chi connectivity index (χ1n) is 11.9. The van der Waals surface area contributed by atoms with Gasteiger partial charge in [0.15, 0.2) is 0 Å². The zero-order valence-corrected chi connectivity index (χ0v) is 21.2. The molecule has 2 aliphatic rings. The normalized spacial score (nSPS) is 15.5. The van der Waals surface area contributed by atoms with Crippen molar-refractivity contribution in [1.29, 1.82) is 0 Å². The van der Waals surface area contributed by atoms with Crippen molar-refractivity contribution < 1.29 is 34.2 Å². The summed E-state index contributed by atoms with van der Waals surface area (Å²) in [5, 5.41) is 0. The Morgan fingerprint density at radius 3 is 1.32 bits per heavy atom. The molecule has 0 radical (unpaired) electrons. The molecule has 0 N–H and O–H groups in total. The molecule has 2 aromatic carbocycles. The van der Waals surface area contributed by atoms with Gasteiger partial charge in [0.25, 0.3) is 0 Å². The van der Waals surface area contributed by atoms with Crippen molar-refractivity contribution in [2.75, 3.05) is 0 Å². The van der Waals surface area contributed by atoms with Crippen molar-refractivity contribution in [3.8, 4) is 11.4 Å². The zero-order chi connectivity index (χ0) is 25.6. The van der Waals surface area contributed by atoms with E-state index in [2.05, 4.69) is 24.3 Å². The molecule has 2 aromatic heterocycles. The quantitative estimate of drug-likeness (QED) is 0.191. The maximum atomic E-state index is 14.7. The van der Waals surface area contributed by atoms with E-state index in [1.165, 1.54) is 24.3 Å². The molecule has 0 unspecified atom stereocenters. The van der Waals surface area contributed by atoms with Crippen molar-refractivity contribution in [1.82, 2.24) is 9.13 Å². The molecule has 6 rings (SSSR count). The zero-order valence-electron chi connectivity index (χ0n) is 19.6. The molecule has 0 spiro atoms. The first kappa shape index (κ1) is 23.8. The fourth-order valence-corrected chi connectivity index (χ4v) is 14.0. The second-order valence-electron chi connectivity index (χ2n) is 9.27. The Labute approximate surface area is 215 Å². The summed E-state index contributed by atoms with van der Waals surface area (Å²) in [7, 11) is 0. The molecule has 37 heavy (non-hydrogen) atoms. The SMILES string of the molecule is Fc1ccc(-n2cc[c]([Ti]([c]3ccn(-c4ccc(F)cc4F)c3)([CH]3C=CC=C3)[CH]3C=CC=C3)c2)c(F)c1. The maximum absolute atomic E-state index is 14.7. The van der Waals surface area contributed by atoms with Gasteiger partial charge in [0.05, 0.1) is 0 Å². The van der Waals surface area contributed by atoms with E-state index in [9.17, 15) is 17.6 Å². The molecule has 0 atom stereocenters. The fourth-order valence-electron chi connectivity index (χ4n) is 5.59. The number of allylic oxidation sites excluding steroid dienone is 8. The number of hydrogen-bond donors (Lipinski definition) is 0. The van der Waals surface area contributed by atoms with Crippen molar-refractivity contribution in [2.24, 2.45) is 0 Å². The monoisotopic (exact) mass is 534 g/mol. The Morgan fingerprint density at radius 2 is 0.946 bits per heavy atom. The summed E-state index contributed by atoms with van der Waals surface area (Å²) < 4.78 is 62.3. The van der Waals surface area contributed by atoms with Crippen LogP contribution in [0.15, 0.2) is 122 Å². The molecular weight excluding hydrogens is 512 g/mol. The van der Waals surface area contributed by atoms with Crippen LogP contribution in [0.25, 0.3) is 11.4 Å². The Hall–Kier alpha value is -3.61. The van der Waals surface area contributed by atoms with Crippen LogP contribution in [0.4, 0.5) is 17.6 Å². The number of benzene rings is 2. The summed E-state index contributed by atoms with van der Waals surface area (Å²) in [6, 6.07) is 11.2. The van der Waals surface area contributed by atoms with E-state index in [4.69, 9.17) is 0 Å². The van der Waals surface area contributed by atoms with Crippen LogP contribution in [0.5, 0.6) is 0 Å². The van der Waals surface area contributed by atoms with Crippen molar-refractivity contribution >= 4 is 7.74 Å². The molecule has 0 amide bonds. The topological polar surface area (TPSA) is 9.86 Å². The summed E-state index contributed by atoms with van der Waals surface area (Å²) in [5.74, 6) is -2.53. The van der Waals surface area contributed by atoms with Gasteiger partial charge in [-0.1, -0.05) is 0 Å². The third-order valence-corrected chi connectivity index (χ3v) is 15.7. The van der Waals surface area contributed by atoms with E-state index in [1.807, 2.05) is 61.2 Å². The summed E-state index contributed by atoms with van der Waals surface area (Å²) in [6.45, 7) is 0. The molecular formula is C30H22F4N2Ti. The van der Waals surface area contributed by atoms with Crippen molar-refractivity contribution in [3.63, 3.8) is 0 Å². The first-order chi connectivity index (χ1) is 18.0. The summed E-state index contributed by atoms with van der Waals surface area (Å²) in [5.41, 5.74) is 0.537. The Balaban J connectivity index is 1.55. The van der Waals surface area contributed by atoms with E-state index >= 15 is 0 Å². The third kappa shape index (κ3) is 4.01. The second-order valence-corrected chi connectivity index (χ2v) is 15.9. The average Bonchev–Trinajstić information content (AvgIpc) is 3.68. The molecule has 0 saturated carbocycles. The van der Waals surface area contributed by atoms with Gasteiger partial charge in [-0.25, -0.2) is 0 Å². The minimum absolute atomic E-state index is 0.125. The van der Waals surface area contributed by atoms with E-state index in [1.54, 1.807) is 9.13 Å². The number of hydrogen-bond acceptors (Lipinski definition) is 0. The molecule has 0 fully saturated rings. The van der Waals surface area contributed by atoms with E-state index < -0.39 is 39.9 Å². The molecule has 2 aliphatic carbocycles. The van der Waals surface area contributed by atoms with Gasteiger partial charge in [-0.15, -0.1) is 0 Å². The number of nitrogens with zero attached hydrogens (tertiary/aromatic N) is 2. The summed E-state index contributed by atoms with van der Waals surface area (Å²) in [4.78, 5) is 0. The third-order valence-electron chi connectivity index (χ3n) is 7.26. The molecule has 7 heteroatoms. The van der Waals surface area contributed by atoms with Gasteiger partial charge in [0.2, 0.25) is 0 Å². The van der Waals surface area contributed by atoms with Crippen molar-refractivity contribution in [2.45, 2.75) is 8.45 Å². The predicted octanol–water partition coefficient (Wildman–Crippen LogP) is 6.76. The van der Waals surface area contributed by atoms with Crippen LogP contribution in [-0.4, -0.2) is 9.13 Å². The van der Waals surface area contributed by atoms with Crippen LogP contribution >= 0.6 is 0 Å².